The molecule has 15 aromatic carbocycles. The van der Waals surface area contributed by atoms with Gasteiger partial charge in [0, 0.05) is 74.2 Å². The molecule has 3 unspecified atom stereocenters. The summed E-state index contributed by atoms with van der Waals surface area (Å²) in [5.41, 5.74) is 13.6. The van der Waals surface area contributed by atoms with Gasteiger partial charge < -0.3 is 18.6 Å². The average Bonchev–Trinajstić information content (AvgIpc) is 1.48. The predicted molar refractivity (Wildman–Crippen MR) is 439 cm³/mol. The number of pyridine rings is 6. The van der Waals surface area contributed by atoms with Gasteiger partial charge in [-0.1, -0.05) is 78.9 Å². The number of rotatable bonds is 0. The minimum atomic E-state index is -0.557. The quantitative estimate of drug-likeness (QED) is 0.112. The van der Waals surface area contributed by atoms with E-state index in [1.54, 1.807) is 11.3 Å². The van der Waals surface area contributed by atoms with Gasteiger partial charge in [-0.05, 0) is 179 Å². The van der Waals surface area contributed by atoms with Crippen LogP contribution in [0.1, 0.15) is 33.4 Å². The largest absolute Gasteiger partial charge is 0.471 e. The van der Waals surface area contributed by atoms with E-state index < -0.39 is 17.0 Å². The second-order valence-corrected chi connectivity index (χ2v) is 32.9. The van der Waals surface area contributed by atoms with Crippen molar-refractivity contribution in [1.29, 1.82) is 0 Å². The Morgan fingerprint density at radius 1 is 0.268 bits per heavy atom. The molecule has 3 spiro atoms. The lowest BCUT2D eigenvalue weighted by Gasteiger charge is -2.32. The topological polar surface area (TPSA) is 69.0 Å². The highest BCUT2D eigenvalue weighted by molar-refractivity contribution is 7.09. The number of benzene rings is 15. The Labute approximate surface area is 635 Å². The number of furan rings is 1. The van der Waals surface area contributed by atoms with E-state index in [1.165, 1.54) is 217 Å². The van der Waals surface area contributed by atoms with E-state index in [0.29, 0.717) is 0 Å². The van der Waals surface area contributed by atoms with Crippen LogP contribution in [0, 0.1) is 0 Å². The zero-order valence-electron chi connectivity index (χ0n) is 59.4. The number of hydrogen-bond acceptors (Lipinski definition) is 5. The van der Waals surface area contributed by atoms with Crippen molar-refractivity contribution in [2.45, 2.75) is 17.0 Å². The van der Waals surface area contributed by atoms with E-state index >= 15 is 0 Å². The molecular formula is C100H51N7O4S+6. The molecule has 0 radical (unpaired) electrons. The molecule has 0 fully saturated rings. The Morgan fingerprint density at radius 2 is 0.571 bits per heavy atom. The number of fused-ring (bicyclic) bond motifs is 18. The number of aryl methyl sites for hydroxylation is 1. The van der Waals surface area contributed by atoms with Gasteiger partial charge in [0.05, 0.1) is 82.7 Å². The fourth-order valence-corrected chi connectivity index (χ4v) is 25.1. The first kappa shape index (κ1) is 55.9. The molecular weight excluding hydrogens is 1400 g/mol. The zero-order valence-corrected chi connectivity index (χ0v) is 60.2. The van der Waals surface area contributed by atoms with Crippen LogP contribution in [0.15, 0.2) is 296 Å². The van der Waals surface area contributed by atoms with Gasteiger partial charge in [-0.3, -0.25) is 4.57 Å². The highest BCUT2D eigenvalue weighted by Gasteiger charge is 2.72. The van der Waals surface area contributed by atoms with Crippen LogP contribution in [0.25, 0.3) is 195 Å². The van der Waals surface area contributed by atoms with Crippen LogP contribution in [0.4, 0.5) is 0 Å². The highest BCUT2D eigenvalue weighted by atomic mass is 32.1. The molecule has 0 aliphatic carbocycles. The van der Waals surface area contributed by atoms with Crippen LogP contribution >= 0.6 is 11.3 Å². The maximum atomic E-state index is 6.80. The number of nitrogens with zero attached hydrogens (tertiary/aromatic N) is 7. The number of thiophene rings is 1. The van der Waals surface area contributed by atoms with Gasteiger partial charge in [0.2, 0.25) is 27.6 Å². The van der Waals surface area contributed by atoms with E-state index in [-0.39, 0.29) is 0 Å². The molecule has 11 nitrogen and oxygen atoms in total. The van der Waals surface area contributed by atoms with E-state index in [2.05, 4.69) is 318 Å². The normalized spacial score (nSPS) is 18.0. The lowest BCUT2D eigenvalue weighted by Crippen LogP contribution is -2.72. The fourth-order valence-electron chi connectivity index (χ4n) is 24.2. The second-order valence-electron chi connectivity index (χ2n) is 32.1. The Hall–Kier alpha value is -14.5. The first-order valence-electron chi connectivity index (χ1n) is 38.5. The fraction of sp³-hybridized carbons (Fsp3) is 0.0400. The third-order valence-electron chi connectivity index (χ3n) is 27.8. The maximum Gasteiger partial charge on any atom is 0.425 e. The smallest absolute Gasteiger partial charge is 0.425 e. The molecule has 9 aromatic heterocycles. The summed E-state index contributed by atoms with van der Waals surface area (Å²) in [6.07, 6.45) is 22.0. The van der Waals surface area contributed by atoms with E-state index in [1.807, 2.05) is 12.5 Å². The number of hydrogen-bond donors (Lipinski definition) is 0. The summed E-state index contributed by atoms with van der Waals surface area (Å²) in [6, 6.07) is 80.0. The lowest BCUT2D eigenvalue weighted by atomic mass is 9.85. The van der Waals surface area contributed by atoms with E-state index in [4.69, 9.17) is 18.6 Å². The molecule has 18 heterocycles. The van der Waals surface area contributed by atoms with Crippen LogP contribution in [0.3, 0.4) is 0 Å². The third-order valence-corrected chi connectivity index (χ3v) is 28.5. The molecule has 9 aliphatic rings. The minimum absolute atomic E-state index is 0.523. The van der Waals surface area contributed by atoms with Crippen molar-refractivity contribution in [3.63, 3.8) is 0 Å². The lowest BCUT2D eigenvalue weighted by molar-refractivity contribution is -0.945. The van der Waals surface area contributed by atoms with Crippen molar-refractivity contribution in [2.75, 3.05) is 0 Å². The second kappa shape index (κ2) is 18.0. The van der Waals surface area contributed by atoms with Gasteiger partial charge in [0.1, 0.15) is 52.7 Å². The Morgan fingerprint density at radius 3 is 1.02 bits per heavy atom. The van der Waals surface area contributed by atoms with Crippen molar-refractivity contribution in [2.24, 2.45) is 7.05 Å². The van der Waals surface area contributed by atoms with Gasteiger partial charge in [-0.2, -0.15) is 15.9 Å². The molecule has 112 heavy (non-hydrogen) atoms. The van der Waals surface area contributed by atoms with Crippen molar-refractivity contribution < 1.29 is 46.0 Å². The van der Waals surface area contributed by atoms with Crippen LogP contribution in [-0.4, -0.2) is 4.57 Å². The molecule has 0 saturated heterocycles. The van der Waals surface area contributed by atoms with Crippen molar-refractivity contribution in [3.05, 3.63) is 325 Å². The SMILES string of the molecule is C[n+]1cc2c(c1)c1cccn3c1c1c4c(ccc21)Oc1ccc2c5ccccc5c5ccc[n+]6c5c2c1C436.c1ccc2c(c1)c1ccc3c4c1c1c2ccc[n+]1C41c2c(ccc4c5cocc5c5ccc[n+]1c5c24)O3.c1ccc2c(c1)c1ccc3c4c1c1c2ccc[n+]1C41c2c(ccc4c5cscc5c5ccc[n+]1c5c24)O3. The van der Waals surface area contributed by atoms with Crippen molar-refractivity contribution in [3.8, 4) is 34.5 Å². The van der Waals surface area contributed by atoms with Gasteiger partial charge in [-0.25, -0.2) is 4.57 Å². The molecule has 33 rings (SSSR count). The molecule has 24 aromatic rings. The molecule has 12 heteroatoms. The monoisotopic (exact) mass is 1450 g/mol. The Balaban J connectivity index is 0.0000000844. The Bertz CT molecular complexity index is 8720. The van der Waals surface area contributed by atoms with E-state index in [9.17, 15) is 0 Å². The predicted octanol–water partition coefficient (Wildman–Crippen LogP) is 20.6. The first-order valence-corrected chi connectivity index (χ1v) is 39.5. The van der Waals surface area contributed by atoms with Crippen LogP contribution < -0.4 is 41.6 Å². The van der Waals surface area contributed by atoms with Gasteiger partial charge in [-0.15, -0.1) is 18.3 Å². The van der Waals surface area contributed by atoms with Gasteiger partial charge in [0.25, 0.3) is 0 Å². The number of aromatic nitrogens is 7. The molecule has 0 saturated carbocycles. The molecule has 0 N–H and O–H groups in total. The summed E-state index contributed by atoms with van der Waals surface area (Å²) >= 11 is 1.78. The molecule has 0 bridgehead atoms. The van der Waals surface area contributed by atoms with Crippen LogP contribution in [0.5, 0.6) is 34.5 Å². The molecule has 9 aliphatic heterocycles. The number of ether oxygens (including phenoxy) is 3. The summed E-state index contributed by atoms with van der Waals surface area (Å²) in [4.78, 5) is 0. The average molecular weight is 1450 g/mol. The third kappa shape index (κ3) is 5.54. The van der Waals surface area contributed by atoms with Crippen LogP contribution in [-0.2, 0) is 24.0 Å². The van der Waals surface area contributed by atoms with Crippen molar-refractivity contribution in [1.82, 2.24) is 4.57 Å². The minimum Gasteiger partial charge on any atom is -0.471 e. The van der Waals surface area contributed by atoms with Crippen molar-refractivity contribution >= 4 is 206 Å². The van der Waals surface area contributed by atoms with Gasteiger partial charge >= 0.3 is 17.0 Å². The van der Waals surface area contributed by atoms with Crippen LogP contribution in [0.2, 0.25) is 0 Å². The zero-order chi connectivity index (χ0) is 71.7. The molecule has 0 amide bonds. The summed E-state index contributed by atoms with van der Waals surface area (Å²) in [5, 5.41) is 43.0. The van der Waals surface area contributed by atoms with E-state index in [0.717, 1.165) is 45.3 Å². The highest BCUT2D eigenvalue weighted by Crippen LogP contribution is 2.65. The van der Waals surface area contributed by atoms with Gasteiger partial charge in [0.15, 0.2) is 65.6 Å². The maximum absolute atomic E-state index is 6.80. The molecule has 3 atom stereocenters. The summed E-state index contributed by atoms with van der Waals surface area (Å²) < 4.78 is 43.5. The summed E-state index contributed by atoms with van der Waals surface area (Å²) in [7, 11) is 2.12. The first-order chi connectivity index (χ1) is 55.5. The summed E-state index contributed by atoms with van der Waals surface area (Å²) in [5.74, 6) is 5.68. The summed E-state index contributed by atoms with van der Waals surface area (Å²) in [6.45, 7) is 0. The standard InChI is InChI=1S/C34H19N3O.C33H16N2O2.C33H16N2OS/c1-35-16-24-21-11-13-27-31-29(21)33-23(25(24)17-35)9-5-15-37(33)34(31)30-26(38-27)12-10-20-18-6-2-3-7-19(18)22-8-4-14-36(34)32(22)28(20)30;1-2-6-18-17(5-1)19-9-11-25-29-27(19)31-21(18)7-3-13-34(31)33(29)30-26(37-25)12-10-20-23-15-36-16-24(23)22-8-4-14-35(33)32(22)28(20)30;1-2-6-18-17(5-1)19-9-11-25-29-27(19)31-21(18)7-3-13-34(31)33(29)30-26(36-25)12-10-20-23-15-37-16-24(23)22-8-4-14-35(33)32(22)28(20)30/h2-17H,1H3;2*1-16H/q3*+2. The molecule has 510 valence electrons. The Kier molecular flexibility index (Phi) is 8.96.